The lowest BCUT2D eigenvalue weighted by molar-refractivity contribution is -0.143. The topological polar surface area (TPSA) is 69.6 Å². The Hall–Kier alpha value is -1.26. The van der Waals surface area contributed by atoms with Crippen molar-refractivity contribution in [2.45, 2.75) is 52.0 Å². The van der Waals surface area contributed by atoms with Crippen molar-refractivity contribution in [3.05, 3.63) is 0 Å². The molecule has 0 aromatic heterocycles. The molecule has 2 amide bonds. The van der Waals surface area contributed by atoms with Gasteiger partial charge >= 0.3 is 12.0 Å². The second-order valence-electron chi connectivity index (χ2n) is 4.97. The van der Waals surface area contributed by atoms with Gasteiger partial charge in [-0.25, -0.2) is 4.79 Å². The van der Waals surface area contributed by atoms with Gasteiger partial charge in [0.1, 0.15) is 0 Å². The first kappa shape index (κ1) is 14.8. The van der Waals surface area contributed by atoms with E-state index < -0.39 is 11.9 Å². The fourth-order valence-electron chi connectivity index (χ4n) is 2.36. The quantitative estimate of drug-likeness (QED) is 0.791. The number of hydrogen-bond acceptors (Lipinski definition) is 2. The fraction of sp³-hybridized carbons (Fsp3) is 0.846. The molecule has 0 bridgehead atoms. The van der Waals surface area contributed by atoms with E-state index in [0.29, 0.717) is 19.5 Å². The summed E-state index contributed by atoms with van der Waals surface area (Å²) in [6.45, 7) is 5.15. The molecule has 2 atom stereocenters. The van der Waals surface area contributed by atoms with Crippen molar-refractivity contribution >= 4 is 12.0 Å². The summed E-state index contributed by atoms with van der Waals surface area (Å²) < 4.78 is 0. The van der Waals surface area contributed by atoms with Crippen molar-refractivity contribution in [3.8, 4) is 0 Å². The van der Waals surface area contributed by atoms with Crippen molar-refractivity contribution in [2.24, 2.45) is 5.92 Å². The fourth-order valence-corrected chi connectivity index (χ4v) is 2.36. The summed E-state index contributed by atoms with van der Waals surface area (Å²) in [4.78, 5) is 24.6. The second kappa shape index (κ2) is 7.24. The lowest BCUT2D eigenvalue weighted by atomic mass is 9.98. The molecular weight excluding hydrogens is 232 g/mol. The summed E-state index contributed by atoms with van der Waals surface area (Å²) in [6.07, 6.45) is 4.37. The van der Waals surface area contributed by atoms with Crippen molar-refractivity contribution in [3.63, 3.8) is 0 Å². The third kappa shape index (κ3) is 4.20. The number of urea groups is 1. The van der Waals surface area contributed by atoms with Gasteiger partial charge in [0.2, 0.25) is 0 Å². The summed E-state index contributed by atoms with van der Waals surface area (Å²) in [5.41, 5.74) is 0. The Morgan fingerprint density at radius 1 is 1.44 bits per heavy atom. The van der Waals surface area contributed by atoms with Crippen LogP contribution in [0.2, 0.25) is 0 Å². The Balaban J connectivity index is 2.47. The van der Waals surface area contributed by atoms with Crippen LogP contribution in [0.1, 0.15) is 46.0 Å². The number of aliphatic carboxylic acids is 1. The molecule has 5 nitrogen and oxygen atoms in total. The van der Waals surface area contributed by atoms with E-state index in [1.54, 1.807) is 4.90 Å². The van der Waals surface area contributed by atoms with E-state index in [2.05, 4.69) is 19.2 Å². The first-order valence-corrected chi connectivity index (χ1v) is 6.86. The second-order valence-corrected chi connectivity index (χ2v) is 4.97. The maximum absolute atomic E-state index is 12.0. The highest BCUT2D eigenvalue weighted by Gasteiger charge is 2.28. The molecule has 1 fully saturated rings. The van der Waals surface area contributed by atoms with E-state index in [4.69, 9.17) is 5.11 Å². The zero-order valence-corrected chi connectivity index (χ0v) is 11.3. The van der Waals surface area contributed by atoms with Crippen LogP contribution in [-0.4, -0.2) is 41.1 Å². The van der Waals surface area contributed by atoms with E-state index in [0.717, 1.165) is 25.7 Å². The van der Waals surface area contributed by atoms with Gasteiger partial charge in [-0.05, 0) is 25.7 Å². The molecule has 104 valence electrons. The number of amides is 2. The first-order chi connectivity index (χ1) is 8.58. The van der Waals surface area contributed by atoms with Gasteiger partial charge in [-0.3, -0.25) is 4.79 Å². The molecule has 1 aliphatic heterocycles. The third-order valence-corrected chi connectivity index (χ3v) is 3.52. The number of hydrogen-bond donors (Lipinski definition) is 2. The van der Waals surface area contributed by atoms with Crippen molar-refractivity contribution < 1.29 is 14.7 Å². The van der Waals surface area contributed by atoms with E-state index in [-0.39, 0.29) is 12.1 Å². The highest BCUT2D eigenvalue weighted by molar-refractivity contribution is 5.76. The van der Waals surface area contributed by atoms with Gasteiger partial charge in [0.15, 0.2) is 0 Å². The summed E-state index contributed by atoms with van der Waals surface area (Å²) in [5.74, 6) is -1.20. The van der Waals surface area contributed by atoms with Gasteiger partial charge in [-0.1, -0.05) is 20.3 Å². The van der Waals surface area contributed by atoms with Crippen LogP contribution in [0.4, 0.5) is 4.79 Å². The van der Waals surface area contributed by atoms with Crippen LogP contribution in [-0.2, 0) is 4.79 Å². The molecule has 1 unspecified atom stereocenters. The minimum Gasteiger partial charge on any atom is -0.481 e. The van der Waals surface area contributed by atoms with Crippen molar-refractivity contribution in [2.75, 3.05) is 13.1 Å². The average molecular weight is 256 g/mol. The third-order valence-electron chi connectivity index (χ3n) is 3.52. The monoisotopic (exact) mass is 256 g/mol. The van der Waals surface area contributed by atoms with E-state index in [1.807, 2.05) is 0 Å². The summed E-state index contributed by atoms with van der Waals surface area (Å²) >= 11 is 0. The smallest absolute Gasteiger partial charge is 0.317 e. The summed E-state index contributed by atoms with van der Waals surface area (Å²) in [7, 11) is 0. The molecule has 5 heteroatoms. The minimum absolute atomic E-state index is 0.110. The summed E-state index contributed by atoms with van der Waals surface area (Å²) in [6, 6.07) is 0.0916. The van der Waals surface area contributed by atoms with Crippen LogP contribution in [0.3, 0.4) is 0 Å². The number of carbonyl (C=O) groups excluding carboxylic acids is 1. The van der Waals surface area contributed by atoms with Crippen LogP contribution in [0.5, 0.6) is 0 Å². The molecule has 1 rings (SSSR count). The van der Waals surface area contributed by atoms with Crippen LogP contribution in [0.25, 0.3) is 0 Å². The molecule has 0 aromatic rings. The van der Waals surface area contributed by atoms with E-state index >= 15 is 0 Å². The maximum Gasteiger partial charge on any atom is 0.317 e. The van der Waals surface area contributed by atoms with Gasteiger partial charge in [0.25, 0.3) is 0 Å². The van der Waals surface area contributed by atoms with Crippen LogP contribution in [0, 0.1) is 5.92 Å². The van der Waals surface area contributed by atoms with Crippen LogP contribution >= 0.6 is 0 Å². The standard InChI is InChI=1S/C13H24N2O3/c1-3-6-11(4-2)14-13(18)15-8-5-7-10(9-15)12(16)17/h10-11H,3-9H2,1-2H3,(H,14,18)(H,16,17)/t10-,11?/m1/s1. The number of rotatable bonds is 5. The highest BCUT2D eigenvalue weighted by Crippen LogP contribution is 2.17. The zero-order valence-electron chi connectivity index (χ0n) is 11.3. The lowest BCUT2D eigenvalue weighted by Crippen LogP contribution is -2.49. The summed E-state index contributed by atoms with van der Waals surface area (Å²) in [5, 5.41) is 12.0. The normalized spacial score (nSPS) is 21.4. The minimum atomic E-state index is -0.798. The first-order valence-electron chi connectivity index (χ1n) is 6.86. The van der Waals surface area contributed by atoms with Gasteiger partial charge in [-0.15, -0.1) is 0 Å². The van der Waals surface area contributed by atoms with Crippen LogP contribution in [0.15, 0.2) is 0 Å². The largest absolute Gasteiger partial charge is 0.481 e. The molecule has 1 saturated heterocycles. The number of piperidine rings is 1. The number of carboxylic acid groups (broad SMARTS) is 1. The maximum atomic E-state index is 12.0. The van der Waals surface area contributed by atoms with E-state index in [1.165, 1.54) is 0 Å². The van der Waals surface area contributed by atoms with Gasteiger partial charge < -0.3 is 15.3 Å². The Bertz CT molecular complexity index is 294. The molecule has 2 N–H and O–H groups in total. The number of nitrogens with zero attached hydrogens (tertiary/aromatic N) is 1. The molecule has 0 saturated carbocycles. The molecule has 0 aromatic carbocycles. The number of carboxylic acids is 1. The molecule has 18 heavy (non-hydrogen) atoms. The zero-order chi connectivity index (χ0) is 13.5. The Labute approximate surface area is 109 Å². The molecule has 0 spiro atoms. The SMILES string of the molecule is CCCC(CC)NC(=O)N1CCC[C@@H](C(=O)O)C1. The van der Waals surface area contributed by atoms with Crippen molar-refractivity contribution in [1.29, 1.82) is 0 Å². The molecule has 0 radical (unpaired) electrons. The Kier molecular flexibility index (Phi) is 5.95. The van der Waals surface area contributed by atoms with E-state index in [9.17, 15) is 9.59 Å². The molecule has 1 aliphatic rings. The Morgan fingerprint density at radius 3 is 2.72 bits per heavy atom. The predicted molar refractivity (Wildman–Crippen MR) is 69.5 cm³/mol. The number of likely N-dealkylation sites (tertiary alicyclic amines) is 1. The van der Waals surface area contributed by atoms with Gasteiger partial charge in [0, 0.05) is 19.1 Å². The predicted octanol–water partition coefficient (Wildman–Crippen LogP) is 2.07. The number of carbonyl (C=O) groups is 2. The molecule has 0 aliphatic carbocycles. The molecule has 1 heterocycles. The lowest BCUT2D eigenvalue weighted by Gasteiger charge is -2.32. The van der Waals surface area contributed by atoms with Gasteiger partial charge in [0.05, 0.1) is 5.92 Å². The highest BCUT2D eigenvalue weighted by atomic mass is 16.4. The van der Waals surface area contributed by atoms with Crippen LogP contribution < -0.4 is 5.32 Å². The van der Waals surface area contributed by atoms with Crippen molar-refractivity contribution in [1.82, 2.24) is 10.2 Å². The van der Waals surface area contributed by atoms with Gasteiger partial charge in [-0.2, -0.15) is 0 Å². The Morgan fingerprint density at radius 2 is 2.17 bits per heavy atom. The number of nitrogens with one attached hydrogen (secondary N) is 1. The molecular formula is C13H24N2O3. The average Bonchev–Trinajstić information content (AvgIpc) is 2.38.